The van der Waals surface area contributed by atoms with Gasteiger partial charge in [0.1, 0.15) is 17.8 Å². The molecule has 2 rings (SSSR count). The highest BCUT2D eigenvalue weighted by molar-refractivity contribution is 5.09. The average Bonchev–Trinajstić information content (AvgIpc) is 2.59. The normalized spacial score (nSPS) is 37.2. The van der Waals surface area contributed by atoms with Crippen LogP contribution in [0, 0.1) is 0 Å². The van der Waals surface area contributed by atoms with E-state index in [4.69, 9.17) is 10.5 Å². The molecule has 112 valence electrons. The van der Waals surface area contributed by atoms with Crippen LogP contribution in [-0.4, -0.2) is 55.8 Å². The van der Waals surface area contributed by atoms with Gasteiger partial charge in [-0.2, -0.15) is 0 Å². The molecule has 0 radical (unpaired) electrons. The van der Waals surface area contributed by atoms with Crippen molar-refractivity contribution in [1.82, 2.24) is 9.55 Å². The molecule has 2 heterocycles. The van der Waals surface area contributed by atoms with Crippen LogP contribution in [0.4, 0.5) is 0 Å². The van der Waals surface area contributed by atoms with Gasteiger partial charge in [-0.15, -0.1) is 0 Å². The van der Waals surface area contributed by atoms with Gasteiger partial charge in [0.2, 0.25) is 0 Å². The lowest BCUT2D eigenvalue weighted by Crippen LogP contribution is -2.62. The van der Waals surface area contributed by atoms with E-state index < -0.39 is 41.4 Å². The SMILES string of the molecule is C[C@@]1(O)[C@H](O)[C@@H](CO)O[C@@]1(CN)n1ccc(=O)[nH]c1=O. The van der Waals surface area contributed by atoms with Crippen molar-refractivity contribution in [1.29, 1.82) is 0 Å². The molecule has 0 bridgehead atoms. The summed E-state index contributed by atoms with van der Waals surface area (Å²) in [5.41, 5.74) is 0.455. The maximum atomic E-state index is 11.9. The number of hydrogen-bond acceptors (Lipinski definition) is 7. The number of nitrogens with zero attached hydrogens (tertiary/aromatic N) is 1. The van der Waals surface area contributed by atoms with Crippen LogP contribution in [0.1, 0.15) is 6.92 Å². The number of hydrogen-bond donors (Lipinski definition) is 5. The quantitative estimate of drug-likeness (QED) is 0.389. The largest absolute Gasteiger partial charge is 0.394 e. The molecule has 0 unspecified atom stereocenters. The topological polar surface area (TPSA) is 151 Å². The highest BCUT2D eigenvalue weighted by Crippen LogP contribution is 2.42. The first-order valence-electron chi connectivity index (χ1n) is 6.02. The molecular formula is C11H17N3O6. The Balaban J connectivity index is 2.65. The van der Waals surface area contributed by atoms with Gasteiger partial charge in [0.25, 0.3) is 5.56 Å². The van der Waals surface area contributed by atoms with Crippen molar-refractivity contribution in [2.24, 2.45) is 5.73 Å². The fraction of sp³-hybridized carbons (Fsp3) is 0.636. The Morgan fingerprint density at radius 1 is 1.55 bits per heavy atom. The van der Waals surface area contributed by atoms with Gasteiger partial charge in [0.05, 0.1) is 6.61 Å². The highest BCUT2D eigenvalue weighted by Gasteiger charge is 2.63. The third-order valence-electron chi connectivity index (χ3n) is 3.73. The Kier molecular flexibility index (Phi) is 3.56. The molecule has 20 heavy (non-hydrogen) atoms. The molecule has 9 heteroatoms. The standard InChI is InChI=1S/C11H17N3O6/c1-10(19)8(17)6(4-15)20-11(10,5-12)14-3-2-7(16)13-9(14)18/h2-3,6,8,15,17,19H,4-5,12H2,1H3,(H,13,16,18)/t6-,8-,10-,11-/m1/s1. The van der Waals surface area contributed by atoms with Crippen molar-refractivity contribution in [3.63, 3.8) is 0 Å². The van der Waals surface area contributed by atoms with Crippen molar-refractivity contribution in [3.05, 3.63) is 33.1 Å². The summed E-state index contributed by atoms with van der Waals surface area (Å²) in [4.78, 5) is 25.0. The fourth-order valence-electron chi connectivity index (χ4n) is 2.52. The van der Waals surface area contributed by atoms with Crippen LogP contribution in [-0.2, 0) is 10.5 Å². The number of H-pyrrole nitrogens is 1. The minimum absolute atomic E-state index is 0.348. The van der Waals surface area contributed by atoms with Gasteiger partial charge in [-0.3, -0.25) is 14.3 Å². The number of nitrogens with two attached hydrogens (primary N) is 1. The van der Waals surface area contributed by atoms with Crippen LogP contribution in [0.5, 0.6) is 0 Å². The lowest BCUT2D eigenvalue weighted by atomic mass is 9.87. The number of nitrogens with one attached hydrogen (secondary N) is 1. The molecule has 0 saturated carbocycles. The van der Waals surface area contributed by atoms with Crippen LogP contribution in [0.3, 0.4) is 0 Å². The Hall–Kier alpha value is -1.52. The predicted octanol–water partition coefficient (Wildman–Crippen LogP) is -3.35. The first-order chi connectivity index (χ1) is 9.30. The summed E-state index contributed by atoms with van der Waals surface area (Å²) in [5.74, 6) is 0. The van der Waals surface area contributed by atoms with Crippen LogP contribution < -0.4 is 17.0 Å². The first kappa shape index (κ1) is 14.9. The van der Waals surface area contributed by atoms with Crippen LogP contribution in [0.25, 0.3) is 0 Å². The highest BCUT2D eigenvalue weighted by atomic mass is 16.6. The second-order valence-electron chi connectivity index (χ2n) is 4.90. The third-order valence-corrected chi connectivity index (χ3v) is 3.73. The second kappa shape index (κ2) is 4.79. The van der Waals surface area contributed by atoms with Crippen molar-refractivity contribution in [2.45, 2.75) is 30.5 Å². The number of aliphatic hydroxyl groups excluding tert-OH is 2. The average molecular weight is 287 g/mol. The molecule has 1 aromatic rings. The maximum Gasteiger partial charge on any atom is 0.330 e. The van der Waals surface area contributed by atoms with E-state index in [1.165, 1.54) is 6.92 Å². The Labute approximate surface area is 113 Å². The molecule has 1 fully saturated rings. The van der Waals surface area contributed by atoms with Crippen molar-refractivity contribution in [3.8, 4) is 0 Å². The minimum atomic E-state index is -1.93. The fourth-order valence-corrected chi connectivity index (χ4v) is 2.52. The monoisotopic (exact) mass is 287 g/mol. The van der Waals surface area contributed by atoms with Gasteiger partial charge in [-0.05, 0) is 6.92 Å². The summed E-state index contributed by atoms with van der Waals surface area (Å²) in [7, 11) is 0. The van der Waals surface area contributed by atoms with Gasteiger partial charge in [-0.25, -0.2) is 4.79 Å². The summed E-state index contributed by atoms with van der Waals surface area (Å²) < 4.78 is 6.36. The lowest BCUT2D eigenvalue weighted by molar-refractivity contribution is -0.184. The Morgan fingerprint density at radius 3 is 2.65 bits per heavy atom. The zero-order valence-corrected chi connectivity index (χ0v) is 10.8. The van der Waals surface area contributed by atoms with Crippen molar-refractivity contribution < 1.29 is 20.1 Å². The van der Waals surface area contributed by atoms with E-state index in [0.29, 0.717) is 0 Å². The number of aliphatic hydroxyl groups is 3. The minimum Gasteiger partial charge on any atom is -0.394 e. The van der Waals surface area contributed by atoms with Gasteiger partial charge in [0.15, 0.2) is 5.72 Å². The summed E-state index contributed by atoms with van der Waals surface area (Å²) in [6.07, 6.45) is -1.43. The smallest absolute Gasteiger partial charge is 0.330 e. The van der Waals surface area contributed by atoms with Crippen molar-refractivity contribution >= 4 is 0 Å². The van der Waals surface area contributed by atoms with E-state index in [9.17, 15) is 24.9 Å². The summed E-state index contributed by atoms with van der Waals surface area (Å²) in [6, 6.07) is 1.07. The van der Waals surface area contributed by atoms with E-state index in [1.54, 1.807) is 0 Å². The summed E-state index contributed by atoms with van der Waals surface area (Å²) in [6.45, 7) is 0.342. The third kappa shape index (κ3) is 1.83. The summed E-state index contributed by atoms with van der Waals surface area (Å²) >= 11 is 0. The van der Waals surface area contributed by atoms with E-state index in [0.717, 1.165) is 16.8 Å². The molecule has 1 aliphatic rings. The molecule has 6 N–H and O–H groups in total. The van der Waals surface area contributed by atoms with Gasteiger partial charge in [-0.1, -0.05) is 0 Å². The van der Waals surface area contributed by atoms with E-state index >= 15 is 0 Å². The van der Waals surface area contributed by atoms with Gasteiger partial charge in [0, 0.05) is 18.8 Å². The Morgan fingerprint density at radius 2 is 2.20 bits per heavy atom. The van der Waals surface area contributed by atoms with E-state index in [2.05, 4.69) is 0 Å². The van der Waals surface area contributed by atoms with Crippen LogP contribution in [0.2, 0.25) is 0 Å². The lowest BCUT2D eigenvalue weighted by Gasteiger charge is -2.39. The Bertz CT molecular complexity index is 609. The summed E-state index contributed by atoms with van der Waals surface area (Å²) in [5, 5.41) is 29.7. The van der Waals surface area contributed by atoms with Gasteiger partial charge >= 0.3 is 5.69 Å². The van der Waals surface area contributed by atoms with E-state index in [-0.39, 0.29) is 6.54 Å². The molecule has 0 aromatic carbocycles. The first-order valence-corrected chi connectivity index (χ1v) is 6.02. The maximum absolute atomic E-state index is 11.9. The number of aromatic amines is 1. The number of ether oxygens (including phenoxy) is 1. The molecule has 4 atom stereocenters. The molecule has 1 saturated heterocycles. The molecular weight excluding hydrogens is 270 g/mol. The molecule has 1 aliphatic heterocycles. The number of aromatic nitrogens is 2. The predicted molar refractivity (Wildman–Crippen MR) is 66.9 cm³/mol. The molecule has 1 aromatic heterocycles. The molecule has 0 aliphatic carbocycles. The number of rotatable bonds is 3. The zero-order valence-electron chi connectivity index (χ0n) is 10.8. The zero-order chi connectivity index (χ0) is 15.1. The van der Waals surface area contributed by atoms with Crippen LogP contribution in [0.15, 0.2) is 21.9 Å². The molecule has 0 amide bonds. The van der Waals surface area contributed by atoms with Crippen LogP contribution >= 0.6 is 0 Å². The van der Waals surface area contributed by atoms with Crippen molar-refractivity contribution in [2.75, 3.05) is 13.2 Å². The molecule has 0 spiro atoms. The van der Waals surface area contributed by atoms with E-state index in [1.807, 2.05) is 4.98 Å². The van der Waals surface area contributed by atoms with Gasteiger partial charge < -0.3 is 25.8 Å². The molecule has 9 nitrogen and oxygen atoms in total. The second-order valence-corrected chi connectivity index (χ2v) is 4.90.